The van der Waals surface area contributed by atoms with Crippen molar-refractivity contribution in [2.45, 2.75) is 38.3 Å². The standard InChI is InChI=1S/C15H23FN2O/c1-11-4-5-13(16)12(8-11)14(9-17)18-10-15(2)6-3-7-19-15/h4-5,8,14,18H,3,6-7,9-10,17H2,1-2H3. The van der Waals surface area contributed by atoms with Crippen molar-refractivity contribution in [3.8, 4) is 0 Å². The zero-order valence-electron chi connectivity index (χ0n) is 11.7. The van der Waals surface area contributed by atoms with E-state index in [1.165, 1.54) is 6.07 Å². The summed E-state index contributed by atoms with van der Waals surface area (Å²) in [5.41, 5.74) is 7.32. The van der Waals surface area contributed by atoms with Gasteiger partial charge in [0.15, 0.2) is 0 Å². The number of hydrogen-bond donors (Lipinski definition) is 2. The predicted octanol–water partition coefficient (Wildman–Crippen LogP) is 2.29. The smallest absolute Gasteiger partial charge is 0.128 e. The highest BCUT2D eigenvalue weighted by Crippen LogP contribution is 2.25. The molecule has 0 spiro atoms. The SMILES string of the molecule is Cc1ccc(F)c(C(CN)NCC2(C)CCCO2)c1. The van der Waals surface area contributed by atoms with Crippen molar-refractivity contribution in [2.75, 3.05) is 19.7 Å². The van der Waals surface area contributed by atoms with Crippen molar-refractivity contribution in [1.29, 1.82) is 0 Å². The van der Waals surface area contributed by atoms with Crippen molar-refractivity contribution in [3.63, 3.8) is 0 Å². The Morgan fingerprint density at radius 2 is 2.32 bits per heavy atom. The molecule has 1 aromatic rings. The van der Waals surface area contributed by atoms with Crippen LogP contribution in [0.15, 0.2) is 18.2 Å². The minimum absolute atomic E-state index is 0.145. The molecule has 3 nitrogen and oxygen atoms in total. The Balaban J connectivity index is 2.05. The average Bonchev–Trinajstić information content (AvgIpc) is 2.81. The first-order valence-corrected chi connectivity index (χ1v) is 6.87. The van der Waals surface area contributed by atoms with Gasteiger partial charge in [-0.15, -0.1) is 0 Å². The van der Waals surface area contributed by atoms with Crippen LogP contribution in [-0.2, 0) is 4.74 Å². The van der Waals surface area contributed by atoms with E-state index in [4.69, 9.17) is 10.5 Å². The lowest BCUT2D eigenvalue weighted by molar-refractivity contribution is 0.0188. The first-order chi connectivity index (χ1) is 9.04. The Morgan fingerprint density at radius 3 is 2.95 bits per heavy atom. The number of aryl methyl sites for hydroxylation is 1. The fourth-order valence-corrected chi connectivity index (χ4v) is 2.57. The van der Waals surface area contributed by atoms with E-state index in [9.17, 15) is 4.39 Å². The molecular formula is C15H23FN2O. The molecule has 0 aliphatic carbocycles. The quantitative estimate of drug-likeness (QED) is 0.859. The van der Waals surface area contributed by atoms with Crippen LogP contribution in [0.1, 0.15) is 36.9 Å². The molecule has 1 aromatic carbocycles. The Morgan fingerprint density at radius 1 is 1.53 bits per heavy atom. The second kappa shape index (κ2) is 5.99. The fourth-order valence-electron chi connectivity index (χ4n) is 2.57. The summed E-state index contributed by atoms with van der Waals surface area (Å²) >= 11 is 0. The molecule has 1 heterocycles. The monoisotopic (exact) mass is 266 g/mol. The molecule has 3 N–H and O–H groups in total. The Kier molecular flexibility index (Phi) is 4.55. The van der Waals surface area contributed by atoms with Gasteiger partial charge in [-0.1, -0.05) is 17.7 Å². The van der Waals surface area contributed by atoms with Crippen molar-refractivity contribution < 1.29 is 9.13 Å². The van der Waals surface area contributed by atoms with E-state index in [1.54, 1.807) is 6.07 Å². The first-order valence-electron chi connectivity index (χ1n) is 6.87. The molecule has 1 aliphatic rings. The summed E-state index contributed by atoms with van der Waals surface area (Å²) in [5, 5.41) is 3.35. The average molecular weight is 266 g/mol. The summed E-state index contributed by atoms with van der Waals surface area (Å²) in [6.07, 6.45) is 2.12. The molecule has 0 saturated carbocycles. The van der Waals surface area contributed by atoms with Crippen LogP contribution in [0.2, 0.25) is 0 Å². The van der Waals surface area contributed by atoms with Crippen LogP contribution in [0.3, 0.4) is 0 Å². The molecule has 4 heteroatoms. The maximum Gasteiger partial charge on any atom is 0.128 e. The van der Waals surface area contributed by atoms with E-state index in [0.29, 0.717) is 18.7 Å². The Hall–Kier alpha value is -0.970. The van der Waals surface area contributed by atoms with Gasteiger partial charge in [-0.25, -0.2) is 4.39 Å². The van der Waals surface area contributed by atoms with Gasteiger partial charge in [-0.2, -0.15) is 0 Å². The first kappa shape index (κ1) is 14.4. The Bertz CT molecular complexity index is 430. The second-order valence-electron chi connectivity index (χ2n) is 5.60. The van der Waals surface area contributed by atoms with Gasteiger partial charge in [0.2, 0.25) is 0 Å². The summed E-state index contributed by atoms with van der Waals surface area (Å²) in [6.45, 7) is 5.92. The van der Waals surface area contributed by atoms with Gasteiger partial charge >= 0.3 is 0 Å². The minimum atomic E-state index is -0.203. The lowest BCUT2D eigenvalue weighted by Crippen LogP contribution is -2.41. The van der Waals surface area contributed by atoms with Crippen molar-refractivity contribution in [2.24, 2.45) is 5.73 Å². The molecule has 2 rings (SSSR count). The maximum absolute atomic E-state index is 13.9. The van der Waals surface area contributed by atoms with Gasteiger partial charge in [0.05, 0.1) is 5.60 Å². The molecule has 106 valence electrons. The zero-order valence-corrected chi connectivity index (χ0v) is 11.7. The molecule has 1 fully saturated rings. The zero-order chi connectivity index (χ0) is 13.9. The van der Waals surface area contributed by atoms with Crippen LogP contribution in [0.4, 0.5) is 4.39 Å². The highest BCUT2D eigenvalue weighted by atomic mass is 19.1. The third-order valence-electron chi connectivity index (χ3n) is 3.79. The third kappa shape index (κ3) is 3.53. The number of nitrogens with one attached hydrogen (secondary N) is 1. The Labute approximate surface area is 114 Å². The molecule has 0 bridgehead atoms. The lowest BCUT2D eigenvalue weighted by Gasteiger charge is -2.27. The number of halogens is 1. The number of ether oxygens (including phenoxy) is 1. The van der Waals surface area contributed by atoms with Crippen LogP contribution in [0.25, 0.3) is 0 Å². The summed E-state index contributed by atoms with van der Waals surface area (Å²) in [5.74, 6) is -0.203. The number of hydrogen-bond acceptors (Lipinski definition) is 3. The van der Waals surface area contributed by atoms with Crippen LogP contribution in [0, 0.1) is 12.7 Å². The van der Waals surface area contributed by atoms with Crippen LogP contribution >= 0.6 is 0 Å². The summed E-state index contributed by atoms with van der Waals surface area (Å²) in [7, 11) is 0. The highest BCUT2D eigenvalue weighted by molar-refractivity contribution is 5.27. The molecule has 0 radical (unpaired) electrons. The molecule has 2 atom stereocenters. The summed E-state index contributed by atoms with van der Waals surface area (Å²) in [6, 6.07) is 4.97. The van der Waals surface area contributed by atoms with E-state index >= 15 is 0 Å². The molecular weight excluding hydrogens is 243 g/mol. The van der Waals surface area contributed by atoms with Crippen molar-refractivity contribution in [1.82, 2.24) is 5.32 Å². The predicted molar refractivity (Wildman–Crippen MR) is 74.5 cm³/mol. The van der Waals surface area contributed by atoms with Crippen molar-refractivity contribution >= 4 is 0 Å². The highest BCUT2D eigenvalue weighted by Gasteiger charge is 2.30. The van der Waals surface area contributed by atoms with E-state index < -0.39 is 0 Å². The van der Waals surface area contributed by atoms with Gasteiger partial charge in [-0.05, 0) is 32.8 Å². The number of rotatable bonds is 5. The topological polar surface area (TPSA) is 47.3 Å². The maximum atomic E-state index is 13.9. The van der Waals surface area contributed by atoms with Gasteiger partial charge < -0.3 is 15.8 Å². The molecule has 0 aromatic heterocycles. The van der Waals surface area contributed by atoms with Crippen LogP contribution in [-0.4, -0.2) is 25.3 Å². The largest absolute Gasteiger partial charge is 0.374 e. The minimum Gasteiger partial charge on any atom is -0.374 e. The van der Waals surface area contributed by atoms with E-state index in [-0.39, 0.29) is 17.5 Å². The van der Waals surface area contributed by atoms with Gasteiger partial charge in [0.25, 0.3) is 0 Å². The second-order valence-corrected chi connectivity index (χ2v) is 5.60. The van der Waals surface area contributed by atoms with Crippen LogP contribution in [0.5, 0.6) is 0 Å². The van der Waals surface area contributed by atoms with E-state index in [0.717, 1.165) is 25.0 Å². The van der Waals surface area contributed by atoms with Gasteiger partial charge in [-0.3, -0.25) is 0 Å². The van der Waals surface area contributed by atoms with Crippen LogP contribution < -0.4 is 11.1 Å². The molecule has 19 heavy (non-hydrogen) atoms. The fraction of sp³-hybridized carbons (Fsp3) is 0.600. The molecule has 1 aliphatic heterocycles. The lowest BCUT2D eigenvalue weighted by atomic mass is 10.00. The normalized spacial score (nSPS) is 24.6. The number of nitrogens with two attached hydrogens (primary N) is 1. The van der Waals surface area contributed by atoms with Crippen molar-refractivity contribution in [3.05, 3.63) is 35.1 Å². The molecule has 2 unspecified atom stereocenters. The third-order valence-corrected chi connectivity index (χ3v) is 3.79. The summed E-state index contributed by atoms with van der Waals surface area (Å²) in [4.78, 5) is 0. The molecule has 1 saturated heterocycles. The van der Waals surface area contributed by atoms with Gasteiger partial charge in [0, 0.05) is 31.3 Å². The van der Waals surface area contributed by atoms with E-state index in [1.807, 2.05) is 13.0 Å². The number of benzene rings is 1. The van der Waals surface area contributed by atoms with Gasteiger partial charge in [0.1, 0.15) is 5.82 Å². The molecule has 0 amide bonds. The van der Waals surface area contributed by atoms with E-state index in [2.05, 4.69) is 12.2 Å². The summed E-state index contributed by atoms with van der Waals surface area (Å²) < 4.78 is 19.6.